The second-order valence-electron chi connectivity index (χ2n) is 4.90. The minimum atomic E-state index is 0.117. The van der Waals surface area contributed by atoms with Gasteiger partial charge in [-0.3, -0.25) is 4.98 Å². The molecule has 1 unspecified atom stereocenters. The first kappa shape index (κ1) is 12.3. The predicted molar refractivity (Wildman–Crippen MR) is 66.6 cm³/mol. The molecule has 15 heavy (non-hydrogen) atoms. The number of aromatic nitrogens is 1. The fraction of sp³-hybridized carbons (Fsp3) is 0.583. The molecule has 0 saturated heterocycles. The van der Waals surface area contributed by atoms with Crippen LogP contribution in [0.15, 0.2) is 18.3 Å². The lowest BCUT2D eigenvalue weighted by Crippen LogP contribution is -2.28. The van der Waals surface area contributed by atoms with Gasteiger partial charge in [0.15, 0.2) is 0 Å². The maximum Gasteiger partial charge on any atom is 0.0556 e. The molecule has 3 heteroatoms. The van der Waals surface area contributed by atoms with Crippen molar-refractivity contribution in [3.8, 4) is 0 Å². The SMILES string of the molecule is Cc1cc(NCC(Cl)C(C)(C)C)ccn1. The van der Waals surface area contributed by atoms with Crippen LogP contribution in [0.4, 0.5) is 5.69 Å². The molecule has 0 fully saturated rings. The van der Waals surface area contributed by atoms with E-state index in [0.29, 0.717) is 0 Å². The highest BCUT2D eigenvalue weighted by atomic mass is 35.5. The van der Waals surface area contributed by atoms with E-state index in [1.54, 1.807) is 6.20 Å². The van der Waals surface area contributed by atoms with Gasteiger partial charge in [-0.05, 0) is 24.5 Å². The number of alkyl halides is 1. The molecular weight excluding hydrogens is 208 g/mol. The summed E-state index contributed by atoms with van der Waals surface area (Å²) in [5, 5.41) is 3.44. The summed E-state index contributed by atoms with van der Waals surface area (Å²) >= 11 is 6.27. The molecule has 0 saturated carbocycles. The number of hydrogen-bond acceptors (Lipinski definition) is 2. The van der Waals surface area contributed by atoms with Gasteiger partial charge < -0.3 is 5.32 Å². The fourth-order valence-electron chi connectivity index (χ4n) is 1.17. The molecule has 1 aromatic heterocycles. The quantitative estimate of drug-likeness (QED) is 0.799. The van der Waals surface area contributed by atoms with Gasteiger partial charge in [0.2, 0.25) is 0 Å². The summed E-state index contributed by atoms with van der Waals surface area (Å²) in [5.74, 6) is 0. The number of pyridine rings is 1. The van der Waals surface area contributed by atoms with Crippen LogP contribution in [0.2, 0.25) is 0 Å². The second kappa shape index (κ2) is 4.84. The molecule has 0 aliphatic carbocycles. The molecule has 1 atom stereocenters. The standard InChI is InChI=1S/C12H19ClN2/c1-9-7-10(5-6-14-9)15-8-11(13)12(2,3)4/h5-7,11H,8H2,1-4H3,(H,14,15). The number of aryl methyl sites for hydroxylation is 1. The summed E-state index contributed by atoms with van der Waals surface area (Å²) in [6, 6.07) is 3.98. The maximum atomic E-state index is 6.27. The number of anilines is 1. The van der Waals surface area contributed by atoms with Gasteiger partial charge in [0.1, 0.15) is 0 Å². The summed E-state index contributed by atoms with van der Waals surface area (Å²) < 4.78 is 0. The molecule has 84 valence electrons. The Kier molecular flexibility index (Phi) is 3.97. The van der Waals surface area contributed by atoms with E-state index in [0.717, 1.165) is 17.9 Å². The Morgan fingerprint density at radius 1 is 1.47 bits per heavy atom. The van der Waals surface area contributed by atoms with Crippen molar-refractivity contribution in [1.82, 2.24) is 4.98 Å². The normalized spacial score (nSPS) is 13.7. The minimum Gasteiger partial charge on any atom is -0.383 e. The number of rotatable bonds is 3. The zero-order valence-electron chi connectivity index (χ0n) is 9.84. The molecule has 0 spiro atoms. The number of nitrogens with zero attached hydrogens (tertiary/aromatic N) is 1. The Bertz CT molecular complexity index is 318. The Hall–Kier alpha value is -0.760. The molecular formula is C12H19ClN2. The third kappa shape index (κ3) is 4.08. The maximum absolute atomic E-state index is 6.27. The van der Waals surface area contributed by atoms with Crippen molar-refractivity contribution in [3.05, 3.63) is 24.0 Å². The van der Waals surface area contributed by atoms with Crippen LogP contribution >= 0.6 is 11.6 Å². The first-order chi connectivity index (χ1) is 6.89. The lowest BCUT2D eigenvalue weighted by molar-refractivity contribution is 0.397. The van der Waals surface area contributed by atoms with E-state index in [1.807, 2.05) is 19.1 Å². The Balaban J connectivity index is 2.51. The summed E-state index contributed by atoms with van der Waals surface area (Å²) in [5.41, 5.74) is 2.22. The topological polar surface area (TPSA) is 24.9 Å². The lowest BCUT2D eigenvalue weighted by atomic mass is 9.92. The summed E-state index contributed by atoms with van der Waals surface area (Å²) in [6.07, 6.45) is 1.80. The molecule has 1 aromatic rings. The van der Waals surface area contributed by atoms with E-state index in [-0.39, 0.29) is 10.8 Å². The number of nitrogens with one attached hydrogen (secondary N) is 1. The third-order valence-corrected chi connectivity index (χ3v) is 3.13. The highest BCUT2D eigenvalue weighted by Crippen LogP contribution is 2.24. The van der Waals surface area contributed by atoms with Crippen molar-refractivity contribution in [3.63, 3.8) is 0 Å². The molecule has 0 amide bonds. The van der Waals surface area contributed by atoms with Crippen LogP contribution in [0.25, 0.3) is 0 Å². The third-order valence-electron chi connectivity index (χ3n) is 2.32. The summed E-state index contributed by atoms with van der Waals surface area (Å²) in [7, 11) is 0. The van der Waals surface area contributed by atoms with Crippen molar-refractivity contribution >= 4 is 17.3 Å². The molecule has 0 bridgehead atoms. The van der Waals surface area contributed by atoms with E-state index in [1.165, 1.54) is 0 Å². The lowest BCUT2D eigenvalue weighted by Gasteiger charge is -2.25. The van der Waals surface area contributed by atoms with Crippen LogP contribution < -0.4 is 5.32 Å². The van der Waals surface area contributed by atoms with Gasteiger partial charge in [0.25, 0.3) is 0 Å². The molecule has 1 N–H and O–H groups in total. The van der Waals surface area contributed by atoms with Gasteiger partial charge in [-0.15, -0.1) is 11.6 Å². The second-order valence-corrected chi connectivity index (χ2v) is 5.43. The van der Waals surface area contributed by atoms with Gasteiger partial charge in [-0.2, -0.15) is 0 Å². The first-order valence-corrected chi connectivity index (χ1v) is 5.64. The minimum absolute atomic E-state index is 0.117. The average Bonchev–Trinajstić information content (AvgIpc) is 2.12. The van der Waals surface area contributed by atoms with Gasteiger partial charge in [-0.1, -0.05) is 20.8 Å². The Morgan fingerprint density at radius 3 is 2.67 bits per heavy atom. The first-order valence-electron chi connectivity index (χ1n) is 5.20. The zero-order valence-corrected chi connectivity index (χ0v) is 10.6. The number of halogens is 1. The predicted octanol–water partition coefficient (Wildman–Crippen LogP) is 3.46. The van der Waals surface area contributed by atoms with E-state index in [9.17, 15) is 0 Å². The van der Waals surface area contributed by atoms with Crippen LogP contribution in [-0.2, 0) is 0 Å². The van der Waals surface area contributed by atoms with Gasteiger partial charge >= 0.3 is 0 Å². The summed E-state index contributed by atoms with van der Waals surface area (Å²) in [4.78, 5) is 4.14. The molecule has 0 aliphatic heterocycles. The smallest absolute Gasteiger partial charge is 0.0556 e. The van der Waals surface area contributed by atoms with Gasteiger partial charge in [-0.25, -0.2) is 0 Å². The van der Waals surface area contributed by atoms with Crippen molar-refractivity contribution < 1.29 is 0 Å². The van der Waals surface area contributed by atoms with Crippen LogP contribution in [0, 0.1) is 12.3 Å². The zero-order chi connectivity index (χ0) is 11.5. The van der Waals surface area contributed by atoms with Crippen LogP contribution in [-0.4, -0.2) is 16.9 Å². The molecule has 0 aliphatic rings. The molecule has 0 aromatic carbocycles. The van der Waals surface area contributed by atoms with Crippen molar-refractivity contribution in [1.29, 1.82) is 0 Å². The molecule has 1 heterocycles. The van der Waals surface area contributed by atoms with E-state index in [2.05, 4.69) is 31.1 Å². The molecule has 0 radical (unpaired) electrons. The Labute approximate surface area is 97.1 Å². The van der Waals surface area contributed by atoms with Crippen molar-refractivity contribution in [2.75, 3.05) is 11.9 Å². The molecule has 2 nitrogen and oxygen atoms in total. The Morgan fingerprint density at radius 2 is 2.13 bits per heavy atom. The average molecular weight is 227 g/mol. The van der Waals surface area contributed by atoms with Gasteiger partial charge in [0.05, 0.1) is 5.38 Å². The van der Waals surface area contributed by atoms with Crippen molar-refractivity contribution in [2.45, 2.75) is 33.1 Å². The highest BCUT2D eigenvalue weighted by Gasteiger charge is 2.21. The van der Waals surface area contributed by atoms with Crippen LogP contribution in [0.1, 0.15) is 26.5 Å². The number of hydrogen-bond donors (Lipinski definition) is 1. The van der Waals surface area contributed by atoms with E-state index in [4.69, 9.17) is 11.6 Å². The van der Waals surface area contributed by atoms with Crippen molar-refractivity contribution in [2.24, 2.45) is 5.41 Å². The largest absolute Gasteiger partial charge is 0.383 e. The van der Waals surface area contributed by atoms with Crippen LogP contribution in [0.5, 0.6) is 0 Å². The van der Waals surface area contributed by atoms with E-state index < -0.39 is 0 Å². The highest BCUT2D eigenvalue weighted by molar-refractivity contribution is 6.21. The summed E-state index contributed by atoms with van der Waals surface area (Å²) in [6.45, 7) is 9.18. The van der Waals surface area contributed by atoms with E-state index >= 15 is 0 Å². The monoisotopic (exact) mass is 226 g/mol. The van der Waals surface area contributed by atoms with Gasteiger partial charge in [0, 0.05) is 24.1 Å². The fourth-order valence-corrected chi connectivity index (χ4v) is 1.25. The molecule has 1 rings (SSSR count). The van der Waals surface area contributed by atoms with Crippen LogP contribution in [0.3, 0.4) is 0 Å².